The van der Waals surface area contributed by atoms with Gasteiger partial charge in [0.25, 0.3) is 0 Å². The third-order valence-electron chi connectivity index (χ3n) is 2.30. The molecule has 0 bridgehead atoms. The van der Waals surface area contributed by atoms with E-state index in [1.165, 1.54) is 0 Å². The van der Waals surface area contributed by atoms with Gasteiger partial charge < -0.3 is 14.9 Å². The molecule has 1 aliphatic rings. The van der Waals surface area contributed by atoms with Crippen molar-refractivity contribution in [1.82, 2.24) is 0 Å². The molecule has 0 amide bonds. The third-order valence-corrected chi connectivity index (χ3v) is 2.30. The number of hydrogen-bond acceptors (Lipinski definition) is 4. The molecule has 80 valence electrons. The lowest BCUT2D eigenvalue weighted by atomic mass is 9.98. The molecule has 0 spiro atoms. The molecule has 0 aliphatic carbocycles. The molecule has 4 heteroatoms. The lowest BCUT2D eigenvalue weighted by molar-refractivity contribution is -0.144. The van der Waals surface area contributed by atoms with E-state index in [-0.39, 0.29) is 24.9 Å². The van der Waals surface area contributed by atoms with Crippen molar-refractivity contribution in [2.45, 2.75) is 32.0 Å². The number of aliphatic hydroxyl groups is 2. The van der Waals surface area contributed by atoms with Crippen LogP contribution in [0.4, 0.5) is 0 Å². The van der Waals surface area contributed by atoms with Crippen LogP contribution in [0.5, 0.6) is 0 Å². The Morgan fingerprint density at radius 1 is 1.71 bits per heavy atom. The molecular formula is C10H16O4. The summed E-state index contributed by atoms with van der Waals surface area (Å²) in [7, 11) is 0. The second kappa shape index (κ2) is 5.12. The normalized spacial score (nSPS) is 29.5. The first-order valence-corrected chi connectivity index (χ1v) is 4.84. The Morgan fingerprint density at radius 3 is 3.00 bits per heavy atom. The average Bonchev–Trinajstić information content (AvgIpc) is 2.56. The zero-order chi connectivity index (χ0) is 10.6. The smallest absolute Gasteiger partial charge is 0.306 e. The fraction of sp³-hybridized carbons (Fsp3) is 0.700. The predicted octanol–water partition coefficient (Wildman–Crippen LogP) is 0.237. The van der Waals surface area contributed by atoms with Crippen molar-refractivity contribution in [2.75, 3.05) is 6.61 Å². The van der Waals surface area contributed by atoms with Crippen LogP contribution in [0.25, 0.3) is 0 Å². The van der Waals surface area contributed by atoms with Crippen molar-refractivity contribution in [3.63, 3.8) is 0 Å². The summed E-state index contributed by atoms with van der Waals surface area (Å²) in [6.45, 7) is 1.82. The van der Waals surface area contributed by atoms with Gasteiger partial charge in [0.2, 0.25) is 0 Å². The van der Waals surface area contributed by atoms with Gasteiger partial charge in [-0.2, -0.15) is 0 Å². The summed E-state index contributed by atoms with van der Waals surface area (Å²) < 4.78 is 4.92. The molecule has 3 atom stereocenters. The highest BCUT2D eigenvalue weighted by Crippen LogP contribution is 2.24. The van der Waals surface area contributed by atoms with Crippen molar-refractivity contribution < 1.29 is 19.7 Å². The molecule has 4 nitrogen and oxygen atoms in total. The van der Waals surface area contributed by atoms with Gasteiger partial charge in [0, 0.05) is 5.92 Å². The van der Waals surface area contributed by atoms with Gasteiger partial charge in [-0.1, -0.05) is 19.1 Å². The summed E-state index contributed by atoms with van der Waals surface area (Å²) in [5.74, 6) is -0.628. The van der Waals surface area contributed by atoms with Gasteiger partial charge in [0.05, 0.1) is 13.0 Å². The van der Waals surface area contributed by atoms with E-state index in [0.717, 1.165) is 6.42 Å². The van der Waals surface area contributed by atoms with Crippen LogP contribution in [0.15, 0.2) is 12.2 Å². The Balaban J connectivity index is 2.57. The first-order valence-electron chi connectivity index (χ1n) is 4.84. The fourth-order valence-electron chi connectivity index (χ4n) is 1.53. The van der Waals surface area contributed by atoms with E-state index in [4.69, 9.17) is 9.84 Å². The zero-order valence-corrected chi connectivity index (χ0v) is 8.22. The Labute approximate surface area is 83.2 Å². The van der Waals surface area contributed by atoms with Gasteiger partial charge in [-0.25, -0.2) is 0 Å². The number of esters is 1. The largest absolute Gasteiger partial charge is 0.459 e. The molecule has 0 aromatic heterocycles. The highest BCUT2D eigenvalue weighted by Gasteiger charge is 2.37. The molecule has 1 aliphatic heterocycles. The highest BCUT2D eigenvalue weighted by molar-refractivity contribution is 5.72. The zero-order valence-electron chi connectivity index (χ0n) is 8.22. The molecule has 0 aromatic carbocycles. The second-order valence-electron chi connectivity index (χ2n) is 3.43. The molecule has 1 fully saturated rings. The Kier molecular flexibility index (Phi) is 4.10. The van der Waals surface area contributed by atoms with E-state index in [1.807, 2.05) is 13.0 Å². The topological polar surface area (TPSA) is 66.8 Å². The first kappa shape index (κ1) is 11.2. The predicted molar refractivity (Wildman–Crippen MR) is 50.5 cm³/mol. The van der Waals surface area contributed by atoms with E-state index >= 15 is 0 Å². The summed E-state index contributed by atoms with van der Waals surface area (Å²) in [6.07, 6.45) is 3.03. The van der Waals surface area contributed by atoms with Gasteiger partial charge in [-0.05, 0) is 6.42 Å². The van der Waals surface area contributed by atoms with Crippen molar-refractivity contribution >= 4 is 5.97 Å². The van der Waals surface area contributed by atoms with E-state index in [1.54, 1.807) is 6.08 Å². The van der Waals surface area contributed by atoms with Crippen LogP contribution < -0.4 is 0 Å². The summed E-state index contributed by atoms with van der Waals surface area (Å²) in [4.78, 5) is 10.9. The lowest BCUT2D eigenvalue weighted by Crippen LogP contribution is -2.31. The third kappa shape index (κ3) is 2.56. The van der Waals surface area contributed by atoms with Gasteiger partial charge in [-0.15, -0.1) is 0 Å². The van der Waals surface area contributed by atoms with Crippen molar-refractivity contribution in [3.8, 4) is 0 Å². The van der Waals surface area contributed by atoms with Crippen LogP contribution in [0, 0.1) is 5.92 Å². The van der Waals surface area contributed by atoms with Crippen LogP contribution >= 0.6 is 0 Å². The Morgan fingerprint density at radius 2 is 2.43 bits per heavy atom. The molecule has 0 radical (unpaired) electrons. The number of rotatable bonds is 4. The molecule has 1 rings (SSSR count). The first-order chi connectivity index (χ1) is 6.69. The molecule has 1 saturated heterocycles. The van der Waals surface area contributed by atoms with Crippen molar-refractivity contribution in [1.29, 1.82) is 0 Å². The van der Waals surface area contributed by atoms with Gasteiger partial charge in [-0.3, -0.25) is 4.79 Å². The maximum Gasteiger partial charge on any atom is 0.306 e. The number of carbonyl (C=O) groups excluding carboxylic acids is 1. The minimum absolute atomic E-state index is 0.132. The number of carbonyl (C=O) groups is 1. The van der Waals surface area contributed by atoms with E-state index < -0.39 is 12.2 Å². The highest BCUT2D eigenvalue weighted by atomic mass is 16.6. The average molecular weight is 200 g/mol. The SMILES string of the molecule is CC/C=C/[C@@H](O)[C@@H]1OC(=O)C[C@@H]1CO. The minimum Gasteiger partial charge on any atom is -0.459 e. The standard InChI is InChI=1S/C10H16O4/c1-2-3-4-8(12)10-7(6-11)5-9(13)14-10/h3-4,7-8,10-12H,2,5-6H2,1H3/b4-3+/t7-,8-,10-/m1/s1. The summed E-state index contributed by atoms with van der Waals surface area (Å²) in [6, 6.07) is 0. The summed E-state index contributed by atoms with van der Waals surface area (Å²) >= 11 is 0. The molecular weight excluding hydrogens is 184 g/mol. The van der Waals surface area contributed by atoms with E-state index in [0.29, 0.717) is 0 Å². The molecule has 1 heterocycles. The maximum atomic E-state index is 10.9. The van der Waals surface area contributed by atoms with Crippen LogP contribution in [-0.2, 0) is 9.53 Å². The minimum atomic E-state index is -0.807. The van der Waals surface area contributed by atoms with E-state index in [9.17, 15) is 9.90 Å². The van der Waals surface area contributed by atoms with Crippen LogP contribution in [0.3, 0.4) is 0 Å². The Hall–Kier alpha value is -0.870. The number of allylic oxidation sites excluding steroid dienone is 1. The lowest BCUT2D eigenvalue weighted by Gasteiger charge is -2.18. The van der Waals surface area contributed by atoms with E-state index in [2.05, 4.69) is 0 Å². The number of ether oxygens (including phenoxy) is 1. The number of hydrogen-bond donors (Lipinski definition) is 2. The monoisotopic (exact) mass is 200 g/mol. The van der Waals surface area contributed by atoms with Crippen LogP contribution in [0.1, 0.15) is 19.8 Å². The molecule has 0 saturated carbocycles. The van der Waals surface area contributed by atoms with Gasteiger partial charge >= 0.3 is 5.97 Å². The van der Waals surface area contributed by atoms with Gasteiger partial charge in [0.15, 0.2) is 0 Å². The molecule has 2 N–H and O–H groups in total. The van der Waals surface area contributed by atoms with Gasteiger partial charge in [0.1, 0.15) is 12.2 Å². The maximum absolute atomic E-state index is 10.9. The quantitative estimate of drug-likeness (QED) is 0.504. The summed E-state index contributed by atoms with van der Waals surface area (Å²) in [5, 5.41) is 18.6. The molecule has 0 aromatic rings. The molecule has 14 heavy (non-hydrogen) atoms. The second-order valence-corrected chi connectivity index (χ2v) is 3.43. The van der Waals surface area contributed by atoms with Crippen molar-refractivity contribution in [2.24, 2.45) is 5.92 Å². The number of cyclic esters (lactones) is 1. The van der Waals surface area contributed by atoms with Crippen LogP contribution in [-0.4, -0.2) is 35.0 Å². The summed E-state index contributed by atoms with van der Waals surface area (Å²) in [5.41, 5.74) is 0. The molecule has 0 unspecified atom stereocenters. The fourth-order valence-corrected chi connectivity index (χ4v) is 1.53. The van der Waals surface area contributed by atoms with Crippen LogP contribution in [0.2, 0.25) is 0 Å². The number of aliphatic hydroxyl groups excluding tert-OH is 2. The Bertz CT molecular complexity index is 224. The van der Waals surface area contributed by atoms with Crippen molar-refractivity contribution in [3.05, 3.63) is 12.2 Å².